The van der Waals surface area contributed by atoms with Crippen molar-refractivity contribution in [3.8, 4) is 22.5 Å². The van der Waals surface area contributed by atoms with Crippen molar-refractivity contribution in [3.05, 3.63) is 58.2 Å². The summed E-state index contributed by atoms with van der Waals surface area (Å²) in [6.07, 6.45) is 5.37. The fourth-order valence-electron chi connectivity index (χ4n) is 10.8. The van der Waals surface area contributed by atoms with Crippen LogP contribution in [-0.2, 0) is 48.0 Å². The molecule has 3 fully saturated rings. The van der Waals surface area contributed by atoms with Crippen molar-refractivity contribution in [2.45, 2.75) is 110 Å². The first kappa shape index (κ1) is 48.2. The molecule has 5 amide bonds. The zero-order valence-electron chi connectivity index (χ0n) is 40.5. The van der Waals surface area contributed by atoms with Crippen molar-refractivity contribution < 1.29 is 33.4 Å². The van der Waals surface area contributed by atoms with Gasteiger partial charge in [-0.15, -0.1) is 11.3 Å². The molecule has 2 N–H and O–H groups in total. The van der Waals surface area contributed by atoms with Gasteiger partial charge in [-0.1, -0.05) is 33.8 Å². The largest absolute Gasteiger partial charge is 0.378 e. The maximum absolute atomic E-state index is 14.8. The van der Waals surface area contributed by atoms with E-state index in [2.05, 4.69) is 60.3 Å². The number of carbonyl (C=O) groups excluding carboxylic acids is 5. The van der Waals surface area contributed by atoms with Crippen LogP contribution in [0.4, 0.5) is 4.79 Å². The Balaban J connectivity index is 1.16. The Morgan fingerprint density at radius 3 is 2.58 bits per heavy atom. The number of hydrogen-bond acceptors (Lipinski definition) is 11. The number of rotatable bonds is 9. The highest BCUT2D eigenvalue weighted by atomic mass is 32.1. The van der Waals surface area contributed by atoms with Crippen LogP contribution in [0.5, 0.6) is 0 Å². The van der Waals surface area contributed by atoms with Crippen molar-refractivity contribution in [3.63, 3.8) is 0 Å². The lowest BCUT2D eigenvalue weighted by Gasteiger charge is -2.42. The van der Waals surface area contributed by atoms with Gasteiger partial charge in [-0.25, -0.2) is 15.2 Å². The SMILES string of the molecule is CCn1c(-c2cccnc2[C@H](C)OC)c2c3cc(ccc31)-c1csc(n1)C[C@H](NC(=O)[C@H](C(C)C)N(C)C(=O)N1CC[C@]3(CCN(C)C3=O)C1)C(=O)N1CCC[C@](C=O)(COCC(C)(C)C2)N1. The summed E-state index contributed by atoms with van der Waals surface area (Å²) in [6.45, 7) is 15.0. The Hall–Kier alpha value is -5.23. The van der Waals surface area contributed by atoms with E-state index < -0.39 is 40.3 Å². The lowest BCUT2D eigenvalue weighted by Crippen LogP contribution is -2.66. The van der Waals surface area contributed by atoms with E-state index in [-0.39, 0.29) is 37.0 Å². The lowest BCUT2D eigenvalue weighted by molar-refractivity contribution is -0.147. The summed E-state index contributed by atoms with van der Waals surface area (Å²) in [5.41, 5.74) is 7.86. The van der Waals surface area contributed by atoms with Gasteiger partial charge in [-0.2, -0.15) is 0 Å². The summed E-state index contributed by atoms with van der Waals surface area (Å²) in [5, 5.41) is 8.20. The highest BCUT2D eigenvalue weighted by Crippen LogP contribution is 2.43. The van der Waals surface area contributed by atoms with Gasteiger partial charge in [-0.05, 0) is 87.1 Å². The third-order valence-electron chi connectivity index (χ3n) is 14.5. The summed E-state index contributed by atoms with van der Waals surface area (Å²) in [6, 6.07) is 8.15. The van der Waals surface area contributed by atoms with E-state index in [1.807, 2.05) is 32.2 Å². The first-order chi connectivity index (χ1) is 31.9. The highest BCUT2D eigenvalue weighted by Gasteiger charge is 2.52. The zero-order chi connectivity index (χ0) is 48.0. The number of amides is 5. The topological polar surface area (TPSA) is 172 Å². The minimum atomic E-state index is -1.19. The van der Waals surface area contributed by atoms with Gasteiger partial charge in [0, 0.05) is 94.0 Å². The van der Waals surface area contributed by atoms with Crippen LogP contribution in [0, 0.1) is 16.7 Å². The number of carbonyl (C=O) groups is 5. The smallest absolute Gasteiger partial charge is 0.320 e. The summed E-state index contributed by atoms with van der Waals surface area (Å²) >= 11 is 1.41. The van der Waals surface area contributed by atoms with Crippen molar-refractivity contribution in [1.82, 2.24) is 45.0 Å². The minimum absolute atomic E-state index is 0.0322. The molecule has 0 aliphatic carbocycles. The van der Waals surface area contributed by atoms with E-state index in [1.165, 1.54) is 21.2 Å². The van der Waals surface area contributed by atoms with Crippen LogP contribution < -0.4 is 10.7 Å². The third kappa shape index (κ3) is 9.23. The summed E-state index contributed by atoms with van der Waals surface area (Å²) in [4.78, 5) is 84.5. The normalized spacial score (nSPS) is 24.3. The molecule has 1 aromatic carbocycles. The molecule has 360 valence electrons. The molecule has 4 aliphatic heterocycles. The van der Waals surface area contributed by atoms with E-state index in [0.717, 1.165) is 51.0 Å². The fraction of sp³-hybridized carbons (Fsp3) is 0.580. The van der Waals surface area contributed by atoms with Crippen LogP contribution >= 0.6 is 11.3 Å². The molecule has 3 saturated heterocycles. The molecule has 8 rings (SSSR count). The van der Waals surface area contributed by atoms with Crippen LogP contribution in [0.25, 0.3) is 33.4 Å². The molecule has 4 aliphatic rings. The van der Waals surface area contributed by atoms with Crippen molar-refractivity contribution in [2.24, 2.45) is 16.7 Å². The molecule has 6 bridgehead atoms. The second-order valence-electron chi connectivity index (χ2n) is 20.3. The number of likely N-dealkylation sites (N-methyl/N-ethyl adjacent to an activating group) is 1. The number of likely N-dealkylation sites (tertiary alicyclic amines) is 2. The van der Waals surface area contributed by atoms with Crippen molar-refractivity contribution >= 4 is 52.3 Å². The van der Waals surface area contributed by atoms with Gasteiger partial charge >= 0.3 is 6.03 Å². The Kier molecular flexibility index (Phi) is 13.7. The summed E-state index contributed by atoms with van der Waals surface area (Å²) in [5.74, 6) is -1.17. The number of hydrogen-bond donors (Lipinski definition) is 2. The van der Waals surface area contributed by atoms with E-state index in [1.54, 1.807) is 37.2 Å². The molecule has 1 spiro atoms. The minimum Gasteiger partial charge on any atom is -0.378 e. The van der Waals surface area contributed by atoms with E-state index in [9.17, 15) is 24.0 Å². The average Bonchev–Trinajstić information content (AvgIpc) is 4.10. The Morgan fingerprint density at radius 2 is 1.88 bits per heavy atom. The van der Waals surface area contributed by atoms with E-state index in [4.69, 9.17) is 19.4 Å². The second-order valence-corrected chi connectivity index (χ2v) is 21.3. The number of urea groups is 1. The number of aryl methyl sites for hydroxylation is 1. The maximum atomic E-state index is 14.8. The van der Waals surface area contributed by atoms with Gasteiger partial charge in [-0.3, -0.25) is 24.4 Å². The molecule has 3 aromatic heterocycles. The number of fused-ring (bicyclic) bond motifs is 6. The number of pyridine rings is 1. The first-order valence-corrected chi connectivity index (χ1v) is 24.6. The fourth-order valence-corrected chi connectivity index (χ4v) is 11.7. The molecule has 0 radical (unpaired) electrons. The van der Waals surface area contributed by atoms with Gasteiger partial charge in [0.05, 0.1) is 46.8 Å². The standard InChI is InChI=1S/C50H67N9O7S/c1-10-58-39-15-14-33-23-35(39)36(43(58)34-13-11-19-51-41(34)32(4)65-9)25-48(5,6)29-66-30-50(28-60)16-12-20-59(54-50)45(62)37(24-40-52-38(33)26-67-40)53-44(61)42(31(2)3)56(8)47(64)57-22-18-49(27-57)17-21-55(7)46(49)63/h11,13-15,19,23,26,28,31-32,37,42,54H,10,12,16-18,20-22,24-25,27,29-30H2,1-9H3,(H,53,61)/t32-,37-,42-,49+,50-/m0/s1. The number of aldehydes is 1. The monoisotopic (exact) mass is 937 g/mol. The number of hydrazine groups is 1. The number of nitrogens with one attached hydrogen (secondary N) is 2. The number of thiazole rings is 1. The number of benzene rings is 1. The second kappa shape index (κ2) is 19.0. The quantitative estimate of drug-likeness (QED) is 0.193. The lowest BCUT2D eigenvalue weighted by atomic mass is 9.84. The van der Waals surface area contributed by atoms with Crippen LogP contribution in [0.3, 0.4) is 0 Å². The highest BCUT2D eigenvalue weighted by molar-refractivity contribution is 7.10. The Labute approximate surface area is 397 Å². The van der Waals surface area contributed by atoms with Crippen molar-refractivity contribution in [2.75, 3.05) is 60.6 Å². The zero-order valence-corrected chi connectivity index (χ0v) is 41.3. The van der Waals surface area contributed by atoms with Crippen LogP contribution in [0.2, 0.25) is 0 Å². The average molecular weight is 938 g/mol. The molecule has 7 heterocycles. The number of methoxy groups -OCH3 is 1. The number of nitrogens with zero attached hydrogens (tertiary/aromatic N) is 7. The first-order valence-electron chi connectivity index (χ1n) is 23.7. The number of ether oxygens (including phenoxy) is 2. The van der Waals surface area contributed by atoms with Gasteiger partial charge in [0.2, 0.25) is 11.8 Å². The maximum Gasteiger partial charge on any atom is 0.320 e. The van der Waals surface area contributed by atoms with Gasteiger partial charge in [0.15, 0.2) is 0 Å². The van der Waals surface area contributed by atoms with Crippen LogP contribution in [0.1, 0.15) is 89.6 Å². The number of aromatic nitrogens is 3. The molecular formula is C50H67N9O7S. The van der Waals surface area contributed by atoms with Crippen LogP contribution in [0.15, 0.2) is 41.9 Å². The molecular weight excluding hydrogens is 871 g/mol. The Bertz CT molecular complexity index is 2540. The molecule has 0 saturated carbocycles. The third-order valence-corrected chi connectivity index (χ3v) is 15.4. The summed E-state index contributed by atoms with van der Waals surface area (Å²) in [7, 11) is 5.10. The van der Waals surface area contributed by atoms with Gasteiger partial charge in [0.25, 0.3) is 5.91 Å². The summed E-state index contributed by atoms with van der Waals surface area (Å²) < 4.78 is 14.7. The van der Waals surface area contributed by atoms with Gasteiger partial charge < -0.3 is 38.9 Å². The molecule has 67 heavy (non-hydrogen) atoms. The molecule has 16 nitrogen and oxygen atoms in total. The van der Waals surface area contributed by atoms with Crippen LogP contribution in [-0.4, -0.2) is 143 Å². The van der Waals surface area contributed by atoms with Gasteiger partial charge in [0.1, 0.15) is 23.9 Å². The molecule has 0 unspecified atom stereocenters. The van der Waals surface area contributed by atoms with E-state index in [0.29, 0.717) is 76.4 Å². The molecule has 17 heteroatoms. The van der Waals surface area contributed by atoms with Crippen molar-refractivity contribution in [1.29, 1.82) is 0 Å². The molecule has 4 aromatic rings. The Morgan fingerprint density at radius 1 is 1.10 bits per heavy atom. The predicted molar refractivity (Wildman–Crippen MR) is 257 cm³/mol. The molecule has 5 atom stereocenters. The predicted octanol–water partition coefficient (Wildman–Crippen LogP) is 5.88. The van der Waals surface area contributed by atoms with E-state index >= 15 is 0 Å².